The Morgan fingerprint density at radius 3 is 2.70 bits per heavy atom. The Morgan fingerprint density at radius 1 is 1.07 bits per heavy atom. The van der Waals surface area contributed by atoms with Crippen molar-refractivity contribution in [3.8, 4) is 0 Å². The molecule has 0 bridgehead atoms. The summed E-state index contributed by atoms with van der Waals surface area (Å²) in [4.78, 5) is 16.8. The van der Waals surface area contributed by atoms with Crippen LogP contribution in [-0.2, 0) is 6.42 Å². The van der Waals surface area contributed by atoms with Crippen molar-refractivity contribution in [1.82, 2.24) is 14.8 Å². The first-order valence-electron chi connectivity index (χ1n) is 8.35. The van der Waals surface area contributed by atoms with Gasteiger partial charge in [-0.3, -0.25) is 4.79 Å². The molecule has 0 fully saturated rings. The molecule has 4 aromatic rings. The molecular formula is C20H16ClN5O. The standard InChI is InChI=1S/C20H16ClN5O/c21-15-8-4-9-16(12-15)23-20-24-19(22)26(25-20)18(27)11-14-7-3-6-13-5-1-2-10-17(13)14/h1-10,12H,11H2,(H3,22,23,24,25). The van der Waals surface area contributed by atoms with E-state index in [0.29, 0.717) is 10.7 Å². The smallest absolute Gasteiger partial charge is 0.254 e. The molecule has 7 heteroatoms. The van der Waals surface area contributed by atoms with E-state index in [1.165, 1.54) is 0 Å². The maximum atomic E-state index is 12.7. The van der Waals surface area contributed by atoms with Crippen LogP contribution in [0.25, 0.3) is 10.8 Å². The fraction of sp³-hybridized carbons (Fsp3) is 0.0500. The highest BCUT2D eigenvalue weighted by Gasteiger charge is 2.16. The first-order chi connectivity index (χ1) is 13.1. The highest BCUT2D eigenvalue weighted by atomic mass is 35.5. The van der Waals surface area contributed by atoms with Crippen LogP contribution >= 0.6 is 11.6 Å². The van der Waals surface area contributed by atoms with E-state index in [-0.39, 0.29) is 24.2 Å². The summed E-state index contributed by atoms with van der Waals surface area (Å²) in [6.07, 6.45) is 0.172. The van der Waals surface area contributed by atoms with Crippen molar-refractivity contribution in [3.63, 3.8) is 0 Å². The number of carbonyl (C=O) groups excluding carboxylic acids is 1. The molecule has 0 saturated heterocycles. The molecule has 27 heavy (non-hydrogen) atoms. The molecule has 0 spiro atoms. The lowest BCUT2D eigenvalue weighted by atomic mass is 10.0. The average Bonchev–Trinajstić information content (AvgIpc) is 3.02. The summed E-state index contributed by atoms with van der Waals surface area (Å²) in [5.41, 5.74) is 7.52. The number of hydrogen-bond acceptors (Lipinski definition) is 5. The molecule has 4 rings (SSSR count). The zero-order valence-corrected chi connectivity index (χ0v) is 15.0. The number of carbonyl (C=O) groups is 1. The molecule has 0 atom stereocenters. The second kappa shape index (κ2) is 7.09. The van der Waals surface area contributed by atoms with Crippen molar-refractivity contribution in [1.29, 1.82) is 0 Å². The third-order valence-corrected chi connectivity index (χ3v) is 4.41. The molecule has 0 aliphatic rings. The number of benzene rings is 3. The Balaban J connectivity index is 1.58. The van der Waals surface area contributed by atoms with Crippen LogP contribution in [0.3, 0.4) is 0 Å². The number of nitrogen functional groups attached to an aromatic ring is 1. The largest absolute Gasteiger partial charge is 0.368 e. The number of nitrogens with one attached hydrogen (secondary N) is 1. The van der Waals surface area contributed by atoms with Gasteiger partial charge < -0.3 is 11.1 Å². The molecule has 134 valence electrons. The van der Waals surface area contributed by atoms with Crippen molar-refractivity contribution in [2.75, 3.05) is 11.1 Å². The van der Waals surface area contributed by atoms with Gasteiger partial charge in [0.15, 0.2) is 0 Å². The predicted octanol–water partition coefficient (Wildman–Crippen LogP) is 4.29. The molecule has 0 saturated carbocycles. The van der Waals surface area contributed by atoms with Gasteiger partial charge >= 0.3 is 0 Å². The van der Waals surface area contributed by atoms with E-state index in [1.807, 2.05) is 48.5 Å². The summed E-state index contributed by atoms with van der Waals surface area (Å²) < 4.78 is 1.12. The first-order valence-corrected chi connectivity index (χ1v) is 8.73. The monoisotopic (exact) mass is 377 g/mol. The van der Waals surface area contributed by atoms with Crippen LogP contribution in [0, 0.1) is 0 Å². The number of hydrogen-bond donors (Lipinski definition) is 2. The summed E-state index contributed by atoms with van der Waals surface area (Å²) in [5, 5.41) is 9.88. The van der Waals surface area contributed by atoms with Crippen molar-refractivity contribution in [2.45, 2.75) is 6.42 Å². The van der Waals surface area contributed by atoms with Gasteiger partial charge in [-0.25, -0.2) is 0 Å². The zero-order chi connectivity index (χ0) is 18.8. The Kier molecular flexibility index (Phi) is 4.48. The molecule has 1 heterocycles. The number of nitrogens with zero attached hydrogens (tertiary/aromatic N) is 3. The van der Waals surface area contributed by atoms with Gasteiger partial charge in [-0.05, 0) is 34.5 Å². The van der Waals surface area contributed by atoms with E-state index in [1.54, 1.807) is 18.2 Å². The van der Waals surface area contributed by atoms with E-state index < -0.39 is 0 Å². The van der Waals surface area contributed by atoms with E-state index in [2.05, 4.69) is 15.4 Å². The van der Waals surface area contributed by atoms with Gasteiger partial charge in [0.2, 0.25) is 11.9 Å². The topological polar surface area (TPSA) is 85.8 Å². The highest BCUT2D eigenvalue weighted by molar-refractivity contribution is 6.30. The SMILES string of the molecule is Nc1nc(Nc2cccc(Cl)c2)nn1C(=O)Cc1cccc2ccccc12. The van der Waals surface area contributed by atoms with Gasteiger partial charge in [0, 0.05) is 10.7 Å². The number of aromatic nitrogens is 3. The fourth-order valence-electron chi connectivity index (χ4n) is 2.94. The number of rotatable bonds is 4. The first kappa shape index (κ1) is 17.1. The van der Waals surface area contributed by atoms with Gasteiger partial charge in [0.05, 0.1) is 6.42 Å². The van der Waals surface area contributed by atoms with Gasteiger partial charge in [-0.1, -0.05) is 60.1 Å². The Bertz CT molecular complexity index is 1130. The third-order valence-electron chi connectivity index (χ3n) is 4.17. The molecule has 6 nitrogen and oxygen atoms in total. The number of nitrogens with two attached hydrogens (primary N) is 1. The number of fused-ring (bicyclic) bond motifs is 1. The predicted molar refractivity (Wildman–Crippen MR) is 107 cm³/mol. The van der Waals surface area contributed by atoms with Crippen LogP contribution < -0.4 is 11.1 Å². The lowest BCUT2D eigenvalue weighted by Crippen LogP contribution is -2.17. The zero-order valence-electron chi connectivity index (χ0n) is 14.3. The normalized spacial score (nSPS) is 10.9. The van der Waals surface area contributed by atoms with Gasteiger partial charge in [0.25, 0.3) is 5.91 Å². The highest BCUT2D eigenvalue weighted by Crippen LogP contribution is 2.21. The molecule has 0 aliphatic heterocycles. The Morgan fingerprint density at radius 2 is 1.85 bits per heavy atom. The van der Waals surface area contributed by atoms with Crippen LogP contribution in [0.1, 0.15) is 10.4 Å². The molecule has 3 N–H and O–H groups in total. The van der Waals surface area contributed by atoms with Crippen LogP contribution in [0.15, 0.2) is 66.7 Å². The van der Waals surface area contributed by atoms with E-state index in [0.717, 1.165) is 21.0 Å². The maximum absolute atomic E-state index is 12.7. The van der Waals surface area contributed by atoms with Gasteiger partial charge in [0.1, 0.15) is 0 Å². The minimum atomic E-state index is -0.254. The minimum absolute atomic E-state index is 0.0322. The number of anilines is 3. The minimum Gasteiger partial charge on any atom is -0.368 e. The van der Waals surface area contributed by atoms with Gasteiger partial charge in [-0.2, -0.15) is 9.67 Å². The maximum Gasteiger partial charge on any atom is 0.254 e. The van der Waals surface area contributed by atoms with Gasteiger partial charge in [-0.15, -0.1) is 5.10 Å². The van der Waals surface area contributed by atoms with E-state index in [4.69, 9.17) is 17.3 Å². The Labute approximate surface area is 160 Å². The Hall–Kier alpha value is -3.38. The van der Waals surface area contributed by atoms with E-state index >= 15 is 0 Å². The van der Waals surface area contributed by atoms with Crippen molar-refractivity contribution >= 4 is 45.9 Å². The summed E-state index contributed by atoms with van der Waals surface area (Å²) in [5.74, 6) is 0.0151. The molecule has 1 aromatic heterocycles. The number of halogens is 1. The second-order valence-corrected chi connectivity index (χ2v) is 6.49. The second-order valence-electron chi connectivity index (χ2n) is 6.05. The molecular weight excluding hydrogens is 362 g/mol. The molecule has 0 aliphatic carbocycles. The fourth-order valence-corrected chi connectivity index (χ4v) is 3.13. The van der Waals surface area contributed by atoms with Crippen LogP contribution in [0.4, 0.5) is 17.6 Å². The molecule has 0 unspecified atom stereocenters. The third kappa shape index (κ3) is 3.61. The molecule has 3 aromatic carbocycles. The van der Waals surface area contributed by atoms with Crippen LogP contribution in [-0.4, -0.2) is 20.7 Å². The quantitative estimate of drug-likeness (QED) is 0.554. The van der Waals surface area contributed by atoms with Crippen molar-refractivity contribution < 1.29 is 4.79 Å². The summed E-state index contributed by atoms with van der Waals surface area (Å²) >= 11 is 5.97. The molecule has 0 amide bonds. The van der Waals surface area contributed by atoms with Crippen LogP contribution in [0.2, 0.25) is 5.02 Å². The average molecular weight is 378 g/mol. The summed E-state index contributed by atoms with van der Waals surface area (Å²) in [6.45, 7) is 0. The van der Waals surface area contributed by atoms with Crippen LogP contribution in [0.5, 0.6) is 0 Å². The van der Waals surface area contributed by atoms with Crippen molar-refractivity contribution in [2.24, 2.45) is 0 Å². The summed E-state index contributed by atoms with van der Waals surface area (Å²) in [6, 6.07) is 20.9. The van der Waals surface area contributed by atoms with Crippen molar-refractivity contribution in [3.05, 3.63) is 77.3 Å². The lowest BCUT2D eigenvalue weighted by molar-refractivity contribution is 0.0902. The van der Waals surface area contributed by atoms with E-state index in [9.17, 15) is 4.79 Å². The molecule has 0 radical (unpaired) electrons. The summed E-state index contributed by atoms with van der Waals surface area (Å²) in [7, 11) is 0. The lowest BCUT2D eigenvalue weighted by Gasteiger charge is -2.06.